The van der Waals surface area contributed by atoms with Crippen molar-refractivity contribution in [1.82, 2.24) is 5.32 Å². The summed E-state index contributed by atoms with van der Waals surface area (Å²) in [5.41, 5.74) is 0. The molecule has 12 heavy (non-hydrogen) atoms. The molecule has 0 radical (unpaired) electrons. The monoisotopic (exact) mass is 171 g/mol. The fraction of sp³-hybridized carbons (Fsp3) is 0.875. The SMILES string of the molecule is COC(=O)C1NCC2CCOC21. The van der Waals surface area contributed by atoms with Crippen LogP contribution in [0.25, 0.3) is 0 Å². The van der Waals surface area contributed by atoms with Crippen LogP contribution in [0, 0.1) is 5.92 Å². The molecule has 68 valence electrons. The van der Waals surface area contributed by atoms with E-state index < -0.39 is 0 Å². The quantitative estimate of drug-likeness (QED) is 0.542. The van der Waals surface area contributed by atoms with Crippen molar-refractivity contribution >= 4 is 5.97 Å². The van der Waals surface area contributed by atoms with E-state index in [0.717, 1.165) is 19.6 Å². The third kappa shape index (κ3) is 1.11. The zero-order valence-corrected chi connectivity index (χ0v) is 7.08. The minimum absolute atomic E-state index is 0.0532. The smallest absolute Gasteiger partial charge is 0.325 e. The topological polar surface area (TPSA) is 47.6 Å². The number of methoxy groups -OCH3 is 1. The van der Waals surface area contributed by atoms with Gasteiger partial charge in [0.1, 0.15) is 6.04 Å². The fourth-order valence-electron chi connectivity index (χ4n) is 1.98. The van der Waals surface area contributed by atoms with Gasteiger partial charge in [-0.25, -0.2) is 0 Å². The third-order valence-electron chi connectivity index (χ3n) is 2.65. The molecule has 3 atom stereocenters. The highest BCUT2D eigenvalue weighted by Gasteiger charge is 2.44. The predicted molar refractivity (Wildman–Crippen MR) is 41.7 cm³/mol. The highest BCUT2D eigenvalue weighted by Crippen LogP contribution is 2.28. The molecule has 0 amide bonds. The van der Waals surface area contributed by atoms with Crippen LogP contribution in [-0.4, -0.2) is 38.4 Å². The van der Waals surface area contributed by atoms with E-state index in [4.69, 9.17) is 4.74 Å². The van der Waals surface area contributed by atoms with Crippen LogP contribution >= 0.6 is 0 Å². The maximum absolute atomic E-state index is 11.2. The van der Waals surface area contributed by atoms with Crippen LogP contribution in [0.1, 0.15) is 6.42 Å². The van der Waals surface area contributed by atoms with Gasteiger partial charge >= 0.3 is 5.97 Å². The first-order chi connectivity index (χ1) is 5.83. The van der Waals surface area contributed by atoms with Crippen molar-refractivity contribution in [3.05, 3.63) is 0 Å². The van der Waals surface area contributed by atoms with E-state index in [1.54, 1.807) is 0 Å². The van der Waals surface area contributed by atoms with Crippen molar-refractivity contribution in [2.75, 3.05) is 20.3 Å². The standard InChI is InChI=1S/C8H13NO3/c1-11-8(10)6-7-5(4-9-6)2-3-12-7/h5-7,9H,2-4H2,1H3. The summed E-state index contributed by atoms with van der Waals surface area (Å²) in [5.74, 6) is 0.304. The van der Waals surface area contributed by atoms with Crippen LogP contribution in [-0.2, 0) is 14.3 Å². The Labute approximate surface area is 71.2 Å². The maximum atomic E-state index is 11.2. The Morgan fingerprint density at radius 2 is 2.50 bits per heavy atom. The van der Waals surface area contributed by atoms with Crippen LogP contribution in [0.15, 0.2) is 0 Å². The molecule has 2 fully saturated rings. The third-order valence-corrected chi connectivity index (χ3v) is 2.65. The molecule has 3 unspecified atom stereocenters. The summed E-state index contributed by atoms with van der Waals surface area (Å²) in [5, 5.41) is 3.11. The second-order valence-corrected chi connectivity index (χ2v) is 3.29. The molecule has 4 nitrogen and oxygen atoms in total. The van der Waals surface area contributed by atoms with Crippen molar-refractivity contribution in [3.8, 4) is 0 Å². The molecule has 0 bridgehead atoms. The summed E-state index contributed by atoms with van der Waals surface area (Å²) in [4.78, 5) is 11.2. The largest absolute Gasteiger partial charge is 0.468 e. The molecule has 0 spiro atoms. The Bertz CT molecular complexity index is 195. The van der Waals surface area contributed by atoms with Gasteiger partial charge in [0.2, 0.25) is 0 Å². The zero-order chi connectivity index (χ0) is 8.55. The van der Waals surface area contributed by atoms with Gasteiger partial charge in [0.05, 0.1) is 13.2 Å². The molecule has 2 rings (SSSR count). The molecule has 0 aromatic carbocycles. The molecule has 0 aromatic rings. The molecule has 0 aliphatic carbocycles. The first-order valence-electron chi connectivity index (χ1n) is 4.25. The highest BCUT2D eigenvalue weighted by atomic mass is 16.5. The Balaban J connectivity index is 2.04. The average Bonchev–Trinajstić information content (AvgIpc) is 2.62. The van der Waals surface area contributed by atoms with Crippen LogP contribution in [0.2, 0.25) is 0 Å². The molecule has 2 aliphatic heterocycles. The molecule has 1 N–H and O–H groups in total. The predicted octanol–water partition coefficient (Wildman–Crippen LogP) is -0.464. The number of esters is 1. The van der Waals surface area contributed by atoms with Crippen molar-refractivity contribution in [3.63, 3.8) is 0 Å². The number of ether oxygens (including phenoxy) is 2. The van der Waals surface area contributed by atoms with Gasteiger partial charge in [-0.3, -0.25) is 4.79 Å². The number of hydrogen-bond donors (Lipinski definition) is 1. The van der Waals surface area contributed by atoms with E-state index in [-0.39, 0.29) is 18.1 Å². The lowest BCUT2D eigenvalue weighted by molar-refractivity contribution is -0.145. The minimum atomic E-state index is -0.234. The van der Waals surface area contributed by atoms with Crippen LogP contribution in [0.3, 0.4) is 0 Å². The lowest BCUT2D eigenvalue weighted by Crippen LogP contribution is -2.40. The first-order valence-corrected chi connectivity index (χ1v) is 4.25. The van der Waals surface area contributed by atoms with Crippen molar-refractivity contribution < 1.29 is 14.3 Å². The molecule has 4 heteroatoms. The van der Waals surface area contributed by atoms with Crippen LogP contribution < -0.4 is 5.32 Å². The lowest BCUT2D eigenvalue weighted by atomic mass is 10.0. The summed E-state index contributed by atoms with van der Waals surface area (Å²) < 4.78 is 10.1. The maximum Gasteiger partial charge on any atom is 0.325 e. The van der Waals surface area contributed by atoms with E-state index in [0.29, 0.717) is 5.92 Å². The number of carbonyl (C=O) groups is 1. The van der Waals surface area contributed by atoms with E-state index >= 15 is 0 Å². The number of carbonyl (C=O) groups excluding carboxylic acids is 1. The summed E-state index contributed by atoms with van der Waals surface area (Å²) in [6, 6.07) is -0.234. The molecular weight excluding hydrogens is 158 g/mol. The molecule has 0 saturated carbocycles. The summed E-state index contributed by atoms with van der Waals surface area (Å²) in [7, 11) is 1.41. The number of hydrogen-bond acceptors (Lipinski definition) is 4. The van der Waals surface area contributed by atoms with E-state index in [9.17, 15) is 4.79 Å². The minimum Gasteiger partial charge on any atom is -0.468 e. The van der Waals surface area contributed by atoms with E-state index in [1.807, 2.05) is 0 Å². The first kappa shape index (κ1) is 8.01. The summed E-state index contributed by atoms with van der Waals surface area (Å²) in [6.07, 6.45) is 1.11. The average molecular weight is 171 g/mol. The molecule has 2 saturated heterocycles. The lowest BCUT2D eigenvalue weighted by Gasteiger charge is -2.14. The van der Waals surface area contributed by atoms with Gasteiger partial charge < -0.3 is 14.8 Å². The Hall–Kier alpha value is -0.610. The molecule has 0 aromatic heterocycles. The van der Waals surface area contributed by atoms with Gasteiger partial charge in [-0.1, -0.05) is 0 Å². The second kappa shape index (κ2) is 3.03. The van der Waals surface area contributed by atoms with Crippen molar-refractivity contribution in [2.24, 2.45) is 5.92 Å². The Kier molecular flexibility index (Phi) is 2.02. The molecule has 2 heterocycles. The van der Waals surface area contributed by atoms with Gasteiger partial charge in [-0.05, 0) is 6.42 Å². The van der Waals surface area contributed by atoms with Crippen LogP contribution in [0.5, 0.6) is 0 Å². The normalized spacial score (nSPS) is 39.6. The van der Waals surface area contributed by atoms with E-state index in [1.165, 1.54) is 7.11 Å². The van der Waals surface area contributed by atoms with Crippen molar-refractivity contribution in [1.29, 1.82) is 0 Å². The number of nitrogens with one attached hydrogen (secondary N) is 1. The Morgan fingerprint density at radius 3 is 3.25 bits per heavy atom. The van der Waals surface area contributed by atoms with Crippen LogP contribution in [0.4, 0.5) is 0 Å². The van der Waals surface area contributed by atoms with Gasteiger partial charge in [0.25, 0.3) is 0 Å². The van der Waals surface area contributed by atoms with E-state index in [2.05, 4.69) is 10.1 Å². The number of fused-ring (bicyclic) bond motifs is 1. The fourth-order valence-corrected chi connectivity index (χ4v) is 1.98. The zero-order valence-electron chi connectivity index (χ0n) is 7.08. The van der Waals surface area contributed by atoms with Gasteiger partial charge in [0.15, 0.2) is 0 Å². The molecule has 2 aliphatic rings. The second-order valence-electron chi connectivity index (χ2n) is 3.29. The van der Waals surface area contributed by atoms with Gasteiger partial charge in [0, 0.05) is 19.1 Å². The summed E-state index contributed by atoms with van der Waals surface area (Å²) >= 11 is 0. The van der Waals surface area contributed by atoms with Gasteiger partial charge in [-0.15, -0.1) is 0 Å². The number of rotatable bonds is 1. The highest BCUT2D eigenvalue weighted by molar-refractivity contribution is 5.77. The summed E-state index contributed by atoms with van der Waals surface area (Å²) in [6.45, 7) is 1.66. The Morgan fingerprint density at radius 1 is 1.67 bits per heavy atom. The molecular formula is C8H13NO3. The van der Waals surface area contributed by atoms with Gasteiger partial charge in [-0.2, -0.15) is 0 Å². The van der Waals surface area contributed by atoms with Crippen molar-refractivity contribution in [2.45, 2.75) is 18.6 Å².